The maximum Gasteiger partial charge on any atom is 0.573 e. The first-order chi connectivity index (χ1) is 22.0. The van der Waals surface area contributed by atoms with Gasteiger partial charge in [-0.2, -0.15) is 9.31 Å². The molecule has 3 heterocycles. The molecule has 21 heteroatoms. The Morgan fingerprint density at radius 2 is 1.53 bits per heavy atom. The number of aliphatic carboxylic acids is 1. The van der Waals surface area contributed by atoms with Gasteiger partial charge in [0, 0.05) is 26.2 Å². The molecule has 2 N–H and O–H groups in total. The minimum atomic E-state index is -5.01. The minimum absolute atomic E-state index is 0.0159. The molecule has 0 spiro atoms. The molecule has 0 unspecified atom stereocenters. The fourth-order valence-corrected chi connectivity index (χ4v) is 7.15. The number of hydrogen-bond donors (Lipinski definition) is 2. The average molecular weight is 709 g/mol. The number of sulfonamides is 1. The molecule has 47 heavy (non-hydrogen) atoms. The van der Waals surface area contributed by atoms with E-state index in [1.54, 1.807) is 4.90 Å². The third kappa shape index (κ3) is 8.08. The largest absolute Gasteiger partial charge is 0.573 e. The second-order valence-corrected chi connectivity index (χ2v) is 12.6. The van der Waals surface area contributed by atoms with E-state index in [2.05, 4.69) is 24.9 Å². The molecule has 2 aromatic rings. The molecular weight excluding hydrogens is 686 g/mol. The average Bonchev–Trinajstić information content (AvgIpc) is 3.43. The van der Waals surface area contributed by atoms with Crippen molar-refractivity contribution in [2.24, 2.45) is 10.1 Å². The van der Waals surface area contributed by atoms with Crippen molar-refractivity contribution >= 4 is 44.0 Å². The fourth-order valence-electron chi connectivity index (χ4n) is 4.64. The third-order valence-corrected chi connectivity index (χ3v) is 9.63. The molecule has 252 valence electrons. The zero-order valence-electron chi connectivity index (χ0n) is 23.5. The maximum atomic E-state index is 13.7. The topological polar surface area (TPSA) is 153 Å². The summed E-state index contributed by atoms with van der Waals surface area (Å²) in [6.45, 7) is -0.712. The summed E-state index contributed by atoms with van der Waals surface area (Å²) in [6.07, 6.45) is -8.56. The molecule has 3 aliphatic heterocycles. The lowest BCUT2D eigenvalue weighted by Crippen LogP contribution is -2.61. The van der Waals surface area contributed by atoms with Gasteiger partial charge in [-0.25, -0.2) is 13.2 Å². The van der Waals surface area contributed by atoms with Crippen molar-refractivity contribution in [1.82, 2.24) is 19.5 Å². The second kappa shape index (κ2) is 13.0. The number of nitrogens with one attached hydrogen (secondary N) is 1. The Balaban J connectivity index is 1.37. The molecule has 0 radical (unpaired) electrons. The highest BCUT2D eigenvalue weighted by Gasteiger charge is 2.43. The predicted octanol–water partition coefficient (Wildman–Crippen LogP) is 3.13. The number of aliphatic imine (C=N–C) groups is 1. The summed E-state index contributed by atoms with van der Waals surface area (Å²) < 4.78 is 111. The third-order valence-electron chi connectivity index (χ3n) is 6.70. The Labute approximate surface area is 266 Å². The lowest BCUT2D eigenvalue weighted by molar-refractivity contribution is -0.275. The molecule has 0 aromatic heterocycles. The number of fused-ring (bicyclic) bond motifs is 1. The van der Waals surface area contributed by atoms with E-state index in [1.165, 1.54) is 18.2 Å². The van der Waals surface area contributed by atoms with Crippen molar-refractivity contribution in [2.45, 2.75) is 30.2 Å². The number of carbonyl (C=O) groups is 2. The molecule has 0 saturated carbocycles. The lowest BCUT2D eigenvalue weighted by atomic mass is 10.2. The number of carbonyl (C=O) groups excluding carboxylic acids is 1. The highest BCUT2D eigenvalue weighted by Crippen LogP contribution is 2.32. The van der Waals surface area contributed by atoms with Gasteiger partial charge in [-0.05, 0) is 59.8 Å². The van der Waals surface area contributed by atoms with Crippen LogP contribution < -0.4 is 14.8 Å². The molecule has 1 saturated heterocycles. The first-order valence-corrected chi connectivity index (χ1v) is 15.6. The van der Waals surface area contributed by atoms with Gasteiger partial charge in [0.25, 0.3) is 0 Å². The Bertz CT molecular complexity index is 1730. The van der Waals surface area contributed by atoms with Gasteiger partial charge in [-0.1, -0.05) is 12.1 Å². The summed E-state index contributed by atoms with van der Waals surface area (Å²) in [6, 6.07) is 6.58. The second-order valence-electron chi connectivity index (χ2n) is 9.82. The summed E-state index contributed by atoms with van der Waals surface area (Å²) in [4.78, 5) is 30.6. The van der Waals surface area contributed by atoms with E-state index in [9.17, 15) is 49.5 Å². The summed E-state index contributed by atoms with van der Waals surface area (Å²) in [5, 5.41) is 18.0. The number of benzene rings is 2. The molecule has 1 fully saturated rings. The monoisotopic (exact) mass is 708 g/mol. The van der Waals surface area contributed by atoms with Crippen molar-refractivity contribution in [1.29, 1.82) is 0 Å². The Morgan fingerprint density at radius 3 is 2.11 bits per heavy atom. The zero-order valence-corrected chi connectivity index (χ0v) is 25.2. The summed E-state index contributed by atoms with van der Waals surface area (Å²) in [5.41, 5.74) is 0.214. The first kappa shape index (κ1) is 33.9. The Kier molecular flexibility index (Phi) is 9.33. The molecule has 1 amide bonds. The van der Waals surface area contributed by atoms with Crippen LogP contribution >= 0.6 is 11.8 Å². The quantitative estimate of drug-likeness (QED) is 0.392. The van der Waals surface area contributed by atoms with Crippen LogP contribution in [0.4, 0.5) is 26.3 Å². The Hall–Kier alpha value is -4.50. The van der Waals surface area contributed by atoms with Gasteiger partial charge >= 0.3 is 18.7 Å². The number of carboxylic acids is 1. The molecule has 0 aliphatic carbocycles. The molecule has 5 rings (SSSR count). The van der Waals surface area contributed by atoms with Gasteiger partial charge in [0.2, 0.25) is 15.9 Å². The van der Waals surface area contributed by atoms with E-state index >= 15 is 0 Å². The van der Waals surface area contributed by atoms with Gasteiger partial charge in [0.15, 0.2) is 16.0 Å². The zero-order chi connectivity index (χ0) is 34.1. The van der Waals surface area contributed by atoms with E-state index in [4.69, 9.17) is 0 Å². The number of ether oxygens (including phenoxy) is 2. The molecule has 2 aromatic carbocycles. The van der Waals surface area contributed by atoms with Crippen molar-refractivity contribution in [3.8, 4) is 11.5 Å². The number of hydrogen-bond acceptors (Lipinski definition) is 11. The minimum Gasteiger partial charge on any atom is -0.477 e. The van der Waals surface area contributed by atoms with E-state index < -0.39 is 57.1 Å². The normalized spacial score (nSPS) is 18.9. The van der Waals surface area contributed by atoms with Gasteiger partial charge < -0.3 is 24.8 Å². The number of rotatable bonds is 8. The van der Waals surface area contributed by atoms with Crippen LogP contribution in [0.2, 0.25) is 0 Å². The SMILES string of the molecule is O=C(O)C1=CCN=C2SC(N3CCN(S(=O)(=O)c4ccc(OC(F)(F)F)cc4)[C@@H](C(=O)NCc4ccc(OC(F)(F)F)cc4)C3)=NN12. The summed E-state index contributed by atoms with van der Waals surface area (Å²) >= 11 is 1.01. The van der Waals surface area contributed by atoms with E-state index in [1.807, 2.05) is 0 Å². The summed E-state index contributed by atoms with van der Waals surface area (Å²) in [5.74, 6) is -3.21. The highest BCUT2D eigenvalue weighted by atomic mass is 32.2. The number of nitrogens with zero attached hydrogens (tertiary/aromatic N) is 5. The van der Waals surface area contributed by atoms with Crippen molar-refractivity contribution < 1.29 is 58.9 Å². The maximum absolute atomic E-state index is 13.7. The van der Waals surface area contributed by atoms with Crippen LogP contribution in [0.25, 0.3) is 0 Å². The summed E-state index contributed by atoms with van der Waals surface area (Å²) in [7, 11) is -4.49. The van der Waals surface area contributed by atoms with Crippen LogP contribution in [0.1, 0.15) is 5.56 Å². The number of alkyl halides is 6. The molecule has 3 aliphatic rings. The van der Waals surface area contributed by atoms with Crippen molar-refractivity contribution in [3.05, 3.63) is 65.9 Å². The van der Waals surface area contributed by atoms with Crippen LogP contribution in [0.5, 0.6) is 11.5 Å². The molecule has 1 atom stereocenters. The smallest absolute Gasteiger partial charge is 0.477 e. The predicted molar refractivity (Wildman–Crippen MR) is 152 cm³/mol. The first-order valence-electron chi connectivity index (χ1n) is 13.3. The van der Waals surface area contributed by atoms with E-state index in [0.717, 1.165) is 57.5 Å². The van der Waals surface area contributed by atoms with Gasteiger partial charge in [0.1, 0.15) is 17.5 Å². The number of carboxylic acid groups (broad SMARTS) is 1. The number of thioether (sulfide) groups is 1. The molecule has 0 bridgehead atoms. The molecular formula is C26H22F6N6O7S2. The number of halogens is 6. The lowest BCUT2D eigenvalue weighted by Gasteiger charge is -2.39. The van der Waals surface area contributed by atoms with Gasteiger partial charge in [-0.3, -0.25) is 9.79 Å². The van der Waals surface area contributed by atoms with Crippen LogP contribution in [-0.2, 0) is 26.2 Å². The number of hydrazone groups is 1. The van der Waals surface area contributed by atoms with E-state index in [0.29, 0.717) is 5.56 Å². The fraction of sp³-hybridized carbons (Fsp3) is 0.308. The van der Waals surface area contributed by atoms with Crippen LogP contribution in [0.3, 0.4) is 0 Å². The number of amidine groups is 2. The number of piperazine rings is 1. The van der Waals surface area contributed by atoms with Crippen molar-refractivity contribution in [2.75, 3.05) is 26.2 Å². The van der Waals surface area contributed by atoms with Crippen LogP contribution in [-0.4, -0.2) is 94.9 Å². The standard InChI is InChI=1S/C26H22F6N6O7S2/c27-25(28,29)44-16-3-1-15(2-4-16)13-34-21(39)20-14-36(24-35-38-19(22(40)41)9-10-33-23(38)46-24)11-12-37(20)47(42,43)18-7-5-17(6-8-18)45-26(30,31)32/h1-9,20H,10-14H2,(H,34,39)(H,40,41)/t20-/m1/s1. The van der Waals surface area contributed by atoms with Gasteiger partial charge in [-0.15, -0.1) is 31.4 Å². The Morgan fingerprint density at radius 1 is 0.936 bits per heavy atom. The van der Waals surface area contributed by atoms with E-state index in [-0.39, 0.29) is 48.8 Å². The van der Waals surface area contributed by atoms with Crippen LogP contribution in [0, 0.1) is 0 Å². The van der Waals surface area contributed by atoms with Crippen LogP contribution in [0.15, 0.2) is 75.3 Å². The molecule has 13 nitrogen and oxygen atoms in total. The van der Waals surface area contributed by atoms with Crippen molar-refractivity contribution in [3.63, 3.8) is 0 Å². The number of amides is 1. The van der Waals surface area contributed by atoms with Gasteiger partial charge in [0.05, 0.1) is 11.4 Å². The highest BCUT2D eigenvalue weighted by molar-refractivity contribution is 8.26.